The standard InChI is InChI=1S/C47H52N2O5/c1-31(32-11-5-4-6-12-32)48-42(52)49(29-34-15-9-14-33-13-7-8-16-36(33)34)30-46(53)23-20-40-44(46,3)22-19-39-43(2)21-18-35(50)27-45(43)24-25-47(39,40)37(28-45)41(51)38-17-10-26-54-38/h4-17,24-26,28,31,35,39-40,50,53H,18-23,27,29-30H2,1-3H3,(H,48,52). The van der Waals surface area contributed by atoms with Gasteiger partial charge in [0.05, 0.1) is 30.6 Å². The quantitative estimate of drug-likeness (QED) is 0.124. The van der Waals surface area contributed by atoms with Crippen molar-refractivity contribution in [1.82, 2.24) is 10.2 Å². The second kappa shape index (κ2) is 12.5. The number of ketones is 1. The molecule has 3 fully saturated rings. The van der Waals surface area contributed by atoms with Crippen molar-refractivity contribution in [3.05, 3.63) is 132 Å². The lowest BCUT2D eigenvalue weighted by molar-refractivity contribution is -0.174. The number of aliphatic hydroxyl groups excluding tert-OH is 1. The van der Waals surface area contributed by atoms with Crippen molar-refractivity contribution < 1.29 is 24.2 Å². The van der Waals surface area contributed by atoms with E-state index in [1.54, 1.807) is 18.4 Å². The number of hydrogen-bond acceptors (Lipinski definition) is 5. The smallest absolute Gasteiger partial charge is 0.318 e. The predicted octanol–water partition coefficient (Wildman–Crippen LogP) is 9.18. The van der Waals surface area contributed by atoms with Gasteiger partial charge in [-0.3, -0.25) is 4.79 Å². The van der Waals surface area contributed by atoms with Crippen molar-refractivity contribution in [1.29, 1.82) is 0 Å². The Balaban J connectivity index is 1.10. The van der Waals surface area contributed by atoms with Gasteiger partial charge in [0.15, 0.2) is 5.76 Å². The molecule has 6 aliphatic rings. The summed E-state index contributed by atoms with van der Waals surface area (Å²) < 4.78 is 5.76. The van der Waals surface area contributed by atoms with Gasteiger partial charge in [-0.25, -0.2) is 4.79 Å². The van der Waals surface area contributed by atoms with Crippen LogP contribution in [0.4, 0.5) is 4.79 Å². The first-order chi connectivity index (χ1) is 25.9. The highest BCUT2D eigenvalue weighted by Crippen LogP contribution is 2.78. The van der Waals surface area contributed by atoms with E-state index in [-0.39, 0.29) is 41.7 Å². The maximum atomic E-state index is 14.6. The number of nitrogens with one attached hydrogen (secondary N) is 1. The maximum absolute atomic E-state index is 14.6. The predicted molar refractivity (Wildman–Crippen MR) is 209 cm³/mol. The molecule has 0 radical (unpaired) electrons. The summed E-state index contributed by atoms with van der Waals surface area (Å²) in [6, 6.07) is 27.5. The van der Waals surface area contributed by atoms with Gasteiger partial charge in [0, 0.05) is 28.4 Å². The molecule has 10 rings (SSSR count). The first kappa shape index (κ1) is 35.3. The summed E-state index contributed by atoms with van der Waals surface area (Å²) in [7, 11) is 0. The van der Waals surface area contributed by atoms with Gasteiger partial charge < -0.3 is 24.8 Å². The molecule has 280 valence electrons. The van der Waals surface area contributed by atoms with Crippen LogP contribution in [0.2, 0.25) is 0 Å². The van der Waals surface area contributed by atoms with Crippen LogP contribution in [0, 0.1) is 33.5 Å². The third-order valence-corrected chi connectivity index (χ3v) is 15.3. The summed E-state index contributed by atoms with van der Waals surface area (Å²) in [5, 5.41) is 29.7. The Kier molecular flexibility index (Phi) is 8.19. The summed E-state index contributed by atoms with van der Waals surface area (Å²) in [6.45, 7) is 7.12. The average Bonchev–Trinajstić information content (AvgIpc) is 3.81. The van der Waals surface area contributed by atoms with E-state index in [1.807, 2.05) is 60.4 Å². The van der Waals surface area contributed by atoms with Crippen LogP contribution in [0.3, 0.4) is 0 Å². The number of hydrogen-bond donors (Lipinski definition) is 3. The summed E-state index contributed by atoms with van der Waals surface area (Å²) in [5.41, 5.74) is -0.158. The highest BCUT2D eigenvalue weighted by molar-refractivity contribution is 6.08. The highest BCUT2D eigenvalue weighted by Gasteiger charge is 2.74. The fraction of sp³-hybridized carbons (Fsp3) is 0.447. The number of fused-ring (bicyclic) bond motifs is 2. The molecule has 3 saturated carbocycles. The molecule has 4 aromatic rings. The van der Waals surface area contributed by atoms with Crippen LogP contribution in [-0.4, -0.2) is 45.2 Å². The molecule has 0 saturated heterocycles. The Morgan fingerprint density at radius 3 is 2.39 bits per heavy atom. The van der Waals surface area contributed by atoms with Crippen LogP contribution in [0.15, 0.2) is 119 Å². The molecule has 3 N–H and O–H groups in total. The Hall–Kier alpha value is -4.46. The minimum Gasteiger partial charge on any atom is -0.461 e. The van der Waals surface area contributed by atoms with Crippen molar-refractivity contribution >= 4 is 22.6 Å². The fourth-order valence-corrected chi connectivity index (χ4v) is 12.4. The van der Waals surface area contributed by atoms with Crippen LogP contribution in [0.1, 0.15) is 93.4 Å². The average molecular weight is 725 g/mol. The number of rotatable bonds is 8. The molecule has 2 bridgehead atoms. The molecular formula is C47H52N2O5. The van der Waals surface area contributed by atoms with Crippen LogP contribution in [0.5, 0.6) is 0 Å². The summed E-state index contributed by atoms with van der Waals surface area (Å²) in [4.78, 5) is 31.0. The monoisotopic (exact) mass is 724 g/mol. The van der Waals surface area contributed by atoms with Gasteiger partial charge in [-0.05, 0) is 103 Å². The van der Waals surface area contributed by atoms with Gasteiger partial charge in [-0.2, -0.15) is 0 Å². The van der Waals surface area contributed by atoms with E-state index in [1.165, 1.54) is 0 Å². The van der Waals surface area contributed by atoms with Crippen molar-refractivity contribution in [2.45, 2.75) is 90.0 Å². The van der Waals surface area contributed by atoms with Gasteiger partial charge in [0.25, 0.3) is 0 Å². The van der Waals surface area contributed by atoms with E-state index in [0.717, 1.165) is 59.6 Å². The molecule has 7 heteroatoms. The lowest BCUT2D eigenvalue weighted by atomic mass is 9.32. The van der Waals surface area contributed by atoms with E-state index < -0.39 is 27.9 Å². The first-order valence-corrected chi connectivity index (χ1v) is 19.9. The van der Waals surface area contributed by atoms with E-state index in [4.69, 9.17) is 4.42 Å². The number of carbonyl (C=O) groups is 2. The number of carbonyl (C=O) groups excluding carboxylic acids is 2. The Bertz CT molecular complexity index is 2160. The number of benzene rings is 3. The molecule has 0 aliphatic heterocycles. The summed E-state index contributed by atoms with van der Waals surface area (Å²) in [5.74, 6) is 0.365. The number of amides is 2. The van der Waals surface area contributed by atoms with Crippen LogP contribution < -0.4 is 5.32 Å². The second-order valence-corrected chi connectivity index (χ2v) is 17.7. The third kappa shape index (κ3) is 5.00. The maximum Gasteiger partial charge on any atom is 0.318 e. The van der Waals surface area contributed by atoms with Crippen LogP contribution in [0.25, 0.3) is 10.8 Å². The van der Waals surface area contributed by atoms with Gasteiger partial charge >= 0.3 is 6.03 Å². The minimum atomic E-state index is -1.21. The SMILES string of the molecule is CC(NC(=O)N(Cc1cccc2ccccc12)CC1(O)CCC2C34C=CC5(C=C3C(=O)c3ccco3)CC(O)CCC5(C)C4CCC21C)c1ccccc1. The van der Waals surface area contributed by atoms with Crippen LogP contribution in [-0.2, 0) is 6.54 Å². The zero-order valence-corrected chi connectivity index (χ0v) is 31.6. The minimum absolute atomic E-state index is 0.0390. The molecule has 2 amide bonds. The molecule has 7 nitrogen and oxygen atoms in total. The van der Waals surface area contributed by atoms with Crippen LogP contribution >= 0.6 is 0 Å². The lowest BCUT2D eigenvalue weighted by Gasteiger charge is -2.71. The number of urea groups is 1. The van der Waals surface area contributed by atoms with Crippen molar-refractivity contribution in [2.24, 2.45) is 33.5 Å². The van der Waals surface area contributed by atoms with Crippen molar-refractivity contribution in [3.63, 3.8) is 0 Å². The van der Waals surface area contributed by atoms with E-state index in [9.17, 15) is 19.8 Å². The Morgan fingerprint density at radius 2 is 1.59 bits per heavy atom. The molecule has 6 aliphatic carbocycles. The Morgan fingerprint density at radius 1 is 0.870 bits per heavy atom. The molecule has 3 aromatic carbocycles. The van der Waals surface area contributed by atoms with Gasteiger partial charge in [-0.15, -0.1) is 0 Å². The van der Waals surface area contributed by atoms with Gasteiger partial charge in [0.2, 0.25) is 5.78 Å². The number of Topliss-reactive ketones (excluding diaryl/α,β-unsaturated/α-hetero) is 1. The van der Waals surface area contributed by atoms with Gasteiger partial charge in [-0.1, -0.05) is 105 Å². The van der Waals surface area contributed by atoms with E-state index in [0.29, 0.717) is 25.1 Å². The molecule has 1 heterocycles. The molecule has 9 atom stereocenters. The highest BCUT2D eigenvalue weighted by atomic mass is 16.3. The van der Waals surface area contributed by atoms with Gasteiger partial charge in [0.1, 0.15) is 0 Å². The zero-order chi connectivity index (χ0) is 37.5. The first-order valence-electron chi connectivity index (χ1n) is 19.9. The van der Waals surface area contributed by atoms with E-state index in [2.05, 4.69) is 61.7 Å². The van der Waals surface area contributed by atoms with Crippen molar-refractivity contribution in [2.75, 3.05) is 6.54 Å². The number of furan rings is 1. The summed E-state index contributed by atoms with van der Waals surface area (Å²) >= 11 is 0. The molecule has 9 unspecified atom stereocenters. The fourth-order valence-electron chi connectivity index (χ4n) is 12.4. The third-order valence-electron chi connectivity index (χ3n) is 15.3. The van der Waals surface area contributed by atoms with Crippen molar-refractivity contribution in [3.8, 4) is 0 Å². The Labute approximate surface area is 318 Å². The van der Waals surface area contributed by atoms with E-state index >= 15 is 0 Å². The molecule has 54 heavy (non-hydrogen) atoms. The largest absolute Gasteiger partial charge is 0.461 e. The number of aliphatic hydroxyl groups is 2. The topological polar surface area (TPSA) is 103 Å². The second-order valence-electron chi connectivity index (χ2n) is 17.7. The molecule has 2 spiro atoms. The normalized spacial score (nSPS) is 35.4. The molecular weight excluding hydrogens is 673 g/mol. The zero-order valence-electron chi connectivity index (χ0n) is 31.6. The molecule has 1 aromatic heterocycles. The number of allylic oxidation sites excluding steroid dienone is 4. The summed E-state index contributed by atoms with van der Waals surface area (Å²) in [6.07, 6.45) is 13.1. The lowest BCUT2D eigenvalue weighted by Crippen LogP contribution is -2.67. The number of nitrogens with zero attached hydrogens (tertiary/aromatic N) is 1.